The van der Waals surface area contributed by atoms with Gasteiger partial charge in [0.05, 0.1) is 0 Å². The Kier molecular flexibility index (Phi) is 7.62. The monoisotopic (exact) mass is 362 g/mol. The molecule has 1 atom stereocenters. The number of rotatable bonds is 5. The number of hydrogen-bond acceptors (Lipinski definition) is 3. The molecule has 1 saturated heterocycles. The molecule has 0 aromatic heterocycles. The van der Waals surface area contributed by atoms with E-state index in [9.17, 15) is 4.79 Å². The number of anilines is 1. The zero-order valence-corrected chi connectivity index (χ0v) is 16.5. The van der Waals surface area contributed by atoms with Crippen LogP contribution in [0.25, 0.3) is 0 Å². The summed E-state index contributed by atoms with van der Waals surface area (Å²) in [4.78, 5) is 18.5. The van der Waals surface area contributed by atoms with Gasteiger partial charge in [-0.25, -0.2) is 0 Å². The second-order valence-corrected chi connectivity index (χ2v) is 8.00. The zero-order chi connectivity index (χ0) is 18.2. The Bertz CT molecular complexity index is 586. The van der Waals surface area contributed by atoms with Crippen molar-refractivity contribution in [1.29, 1.82) is 0 Å². The van der Waals surface area contributed by atoms with Gasteiger partial charge in [-0.1, -0.05) is 32.9 Å². The van der Waals surface area contributed by atoms with Crippen molar-refractivity contribution < 1.29 is 4.79 Å². The van der Waals surface area contributed by atoms with Crippen molar-refractivity contribution in [2.24, 2.45) is 10.9 Å². The Labute approximate surface area is 155 Å². The number of amides is 1. The highest BCUT2D eigenvalue weighted by Crippen LogP contribution is 2.21. The van der Waals surface area contributed by atoms with Gasteiger partial charge >= 0.3 is 0 Å². The zero-order valence-electron chi connectivity index (χ0n) is 15.7. The molecule has 1 aliphatic rings. The van der Waals surface area contributed by atoms with Gasteiger partial charge in [0, 0.05) is 49.3 Å². The molecule has 0 radical (unpaired) electrons. The number of hydrogen-bond donors (Lipinski definition) is 2. The fourth-order valence-electron chi connectivity index (χ4n) is 2.66. The summed E-state index contributed by atoms with van der Waals surface area (Å²) in [5.41, 5.74) is 2.01. The van der Waals surface area contributed by atoms with Crippen molar-refractivity contribution in [2.75, 3.05) is 31.2 Å². The Hall–Kier alpha value is -1.69. The maximum Gasteiger partial charge on any atom is 0.226 e. The molecule has 2 N–H and O–H groups in total. The number of nitrogens with one attached hydrogen (secondary N) is 2. The first-order chi connectivity index (χ1) is 12.0. The third kappa shape index (κ3) is 5.96. The maximum absolute atomic E-state index is 11.7. The van der Waals surface area contributed by atoms with Crippen LogP contribution in [-0.2, 0) is 11.3 Å². The molecule has 1 aliphatic heterocycles. The first kappa shape index (κ1) is 19.6. The molecule has 1 fully saturated rings. The van der Waals surface area contributed by atoms with Gasteiger partial charge in [-0.3, -0.25) is 9.79 Å². The number of benzene rings is 1. The molecule has 0 bridgehead atoms. The van der Waals surface area contributed by atoms with Gasteiger partial charge in [0.25, 0.3) is 0 Å². The minimum Gasteiger partial charge on any atom is -0.352 e. The van der Waals surface area contributed by atoms with Crippen LogP contribution in [0.15, 0.2) is 29.3 Å². The van der Waals surface area contributed by atoms with Crippen LogP contribution >= 0.6 is 11.8 Å². The summed E-state index contributed by atoms with van der Waals surface area (Å²) < 4.78 is 0. The van der Waals surface area contributed by atoms with Gasteiger partial charge in [0.2, 0.25) is 5.91 Å². The standard InChI is InChI=1S/C19H30N4OS/c1-5-17-13-23(10-11-25-17)19(20-4)21-12-15-6-8-16(9-7-15)22-18(24)14(2)3/h6-9,14,17H,5,10-13H2,1-4H3,(H,20,21)(H,22,24). The average Bonchev–Trinajstić information content (AvgIpc) is 2.63. The second kappa shape index (κ2) is 9.70. The summed E-state index contributed by atoms with van der Waals surface area (Å²) in [7, 11) is 1.84. The third-order valence-electron chi connectivity index (χ3n) is 4.30. The second-order valence-electron chi connectivity index (χ2n) is 6.59. The number of carbonyl (C=O) groups is 1. The predicted octanol–water partition coefficient (Wildman–Crippen LogP) is 3.18. The molecule has 1 amide bonds. The minimum absolute atomic E-state index is 0.0145. The highest BCUT2D eigenvalue weighted by molar-refractivity contribution is 8.00. The first-order valence-electron chi connectivity index (χ1n) is 9.00. The molecule has 1 aromatic carbocycles. The van der Waals surface area contributed by atoms with Gasteiger partial charge in [-0.15, -0.1) is 0 Å². The fraction of sp³-hybridized carbons (Fsp3) is 0.579. The molecule has 138 valence electrons. The van der Waals surface area contributed by atoms with Crippen molar-refractivity contribution >= 4 is 29.3 Å². The summed E-state index contributed by atoms with van der Waals surface area (Å²) in [6.07, 6.45) is 1.20. The van der Waals surface area contributed by atoms with Gasteiger partial charge in [0.15, 0.2) is 5.96 Å². The lowest BCUT2D eigenvalue weighted by Gasteiger charge is -2.34. The van der Waals surface area contributed by atoms with Gasteiger partial charge in [-0.2, -0.15) is 11.8 Å². The molecule has 1 unspecified atom stereocenters. The Morgan fingerprint density at radius 3 is 2.68 bits per heavy atom. The van der Waals surface area contributed by atoms with E-state index in [0.717, 1.165) is 37.0 Å². The van der Waals surface area contributed by atoms with E-state index in [4.69, 9.17) is 0 Å². The molecule has 1 heterocycles. The van der Waals surface area contributed by atoms with Crippen LogP contribution in [0.1, 0.15) is 32.8 Å². The van der Waals surface area contributed by atoms with Gasteiger partial charge < -0.3 is 15.5 Å². The Morgan fingerprint density at radius 1 is 1.36 bits per heavy atom. The highest BCUT2D eigenvalue weighted by Gasteiger charge is 2.21. The summed E-state index contributed by atoms with van der Waals surface area (Å²) in [5.74, 6) is 2.15. The van der Waals surface area contributed by atoms with E-state index in [-0.39, 0.29) is 11.8 Å². The summed E-state index contributed by atoms with van der Waals surface area (Å²) >= 11 is 2.06. The van der Waals surface area contributed by atoms with Crippen molar-refractivity contribution in [3.05, 3.63) is 29.8 Å². The maximum atomic E-state index is 11.7. The van der Waals surface area contributed by atoms with Crippen LogP contribution in [0.2, 0.25) is 0 Å². The van der Waals surface area contributed by atoms with E-state index < -0.39 is 0 Å². The number of aliphatic imine (C=N–C) groups is 1. The number of guanidine groups is 1. The molecule has 1 aromatic rings. The summed E-state index contributed by atoms with van der Waals surface area (Å²) in [5, 5.41) is 7.06. The van der Waals surface area contributed by atoms with Crippen LogP contribution in [0.5, 0.6) is 0 Å². The number of nitrogens with zero attached hydrogens (tertiary/aromatic N) is 2. The summed E-state index contributed by atoms with van der Waals surface area (Å²) in [6, 6.07) is 7.98. The first-order valence-corrected chi connectivity index (χ1v) is 10.0. The Balaban J connectivity index is 1.88. The quantitative estimate of drug-likeness (QED) is 0.624. The predicted molar refractivity (Wildman–Crippen MR) is 108 cm³/mol. The topological polar surface area (TPSA) is 56.7 Å². The largest absolute Gasteiger partial charge is 0.352 e. The lowest BCUT2D eigenvalue weighted by atomic mass is 10.1. The van der Waals surface area contributed by atoms with E-state index in [1.807, 2.05) is 45.2 Å². The molecular weight excluding hydrogens is 332 g/mol. The normalized spacial score (nSPS) is 18.4. The fourth-order valence-corrected chi connectivity index (χ4v) is 3.84. The van der Waals surface area contributed by atoms with E-state index >= 15 is 0 Å². The molecule has 25 heavy (non-hydrogen) atoms. The minimum atomic E-state index is -0.0145. The van der Waals surface area contributed by atoms with Crippen LogP contribution in [0.4, 0.5) is 5.69 Å². The smallest absolute Gasteiger partial charge is 0.226 e. The van der Waals surface area contributed by atoms with Crippen molar-refractivity contribution in [1.82, 2.24) is 10.2 Å². The van der Waals surface area contributed by atoms with E-state index in [0.29, 0.717) is 5.25 Å². The molecule has 2 rings (SSSR count). The van der Waals surface area contributed by atoms with E-state index in [1.165, 1.54) is 12.0 Å². The van der Waals surface area contributed by atoms with Crippen LogP contribution in [0.3, 0.4) is 0 Å². The van der Waals surface area contributed by atoms with Gasteiger partial charge in [0.1, 0.15) is 0 Å². The van der Waals surface area contributed by atoms with Crippen LogP contribution in [-0.4, -0.2) is 47.9 Å². The molecule has 5 nitrogen and oxygen atoms in total. The third-order valence-corrected chi connectivity index (χ3v) is 5.67. The van der Waals surface area contributed by atoms with E-state index in [1.54, 1.807) is 0 Å². The lowest BCUT2D eigenvalue weighted by molar-refractivity contribution is -0.118. The molecule has 0 saturated carbocycles. The van der Waals surface area contributed by atoms with Gasteiger partial charge in [-0.05, 0) is 24.1 Å². The molecule has 0 aliphatic carbocycles. The van der Waals surface area contributed by atoms with Crippen molar-refractivity contribution in [3.8, 4) is 0 Å². The SMILES string of the molecule is CCC1CN(C(=NC)NCc2ccc(NC(=O)C(C)C)cc2)CCS1. The molecule has 6 heteroatoms. The lowest BCUT2D eigenvalue weighted by Crippen LogP contribution is -2.47. The van der Waals surface area contributed by atoms with E-state index in [2.05, 4.69) is 39.2 Å². The highest BCUT2D eigenvalue weighted by atomic mass is 32.2. The number of carbonyl (C=O) groups excluding carboxylic acids is 1. The van der Waals surface area contributed by atoms with Crippen LogP contribution < -0.4 is 10.6 Å². The van der Waals surface area contributed by atoms with Crippen molar-refractivity contribution in [3.63, 3.8) is 0 Å². The molecular formula is C19H30N4OS. The average molecular weight is 363 g/mol. The summed E-state index contributed by atoms with van der Waals surface area (Å²) in [6.45, 7) is 8.85. The number of thioether (sulfide) groups is 1. The van der Waals surface area contributed by atoms with Crippen molar-refractivity contribution in [2.45, 2.75) is 39.0 Å². The van der Waals surface area contributed by atoms with Crippen LogP contribution in [0, 0.1) is 5.92 Å². The molecule has 0 spiro atoms. The Morgan fingerprint density at radius 2 is 2.08 bits per heavy atom.